The van der Waals surface area contributed by atoms with Crippen molar-refractivity contribution in [3.63, 3.8) is 0 Å². The second kappa shape index (κ2) is 7.44. The third-order valence-electron chi connectivity index (χ3n) is 4.51. The van der Waals surface area contributed by atoms with Crippen molar-refractivity contribution in [1.82, 2.24) is 4.90 Å². The van der Waals surface area contributed by atoms with E-state index in [9.17, 15) is 14.4 Å². The molecule has 0 aliphatic carbocycles. The number of ether oxygens (including phenoxy) is 2. The number of hydrogen-bond acceptors (Lipinski definition) is 5. The molecule has 6 nitrogen and oxygen atoms in total. The number of cyclic esters (lactones) is 1. The fraction of sp³-hybridized carbons (Fsp3) is 0.350. The van der Waals surface area contributed by atoms with Crippen molar-refractivity contribution in [1.29, 1.82) is 0 Å². The van der Waals surface area contributed by atoms with E-state index in [-0.39, 0.29) is 25.9 Å². The summed E-state index contributed by atoms with van der Waals surface area (Å²) in [5.41, 5.74) is -0.531. The van der Waals surface area contributed by atoms with Crippen LogP contribution in [0.3, 0.4) is 0 Å². The quantitative estimate of drug-likeness (QED) is 0.597. The van der Waals surface area contributed by atoms with Gasteiger partial charge in [-0.05, 0) is 12.0 Å². The van der Waals surface area contributed by atoms with E-state index in [1.165, 1.54) is 11.1 Å². The highest BCUT2D eigenvalue weighted by Crippen LogP contribution is 2.34. The van der Waals surface area contributed by atoms with Crippen LogP contribution in [0.5, 0.6) is 0 Å². The van der Waals surface area contributed by atoms with E-state index in [0.29, 0.717) is 6.42 Å². The van der Waals surface area contributed by atoms with E-state index >= 15 is 0 Å². The number of esters is 2. The lowest BCUT2D eigenvalue weighted by atomic mass is 9.94. The number of carbonyl (C=O) groups excluding carboxylic acids is 3. The number of rotatable bonds is 5. The summed E-state index contributed by atoms with van der Waals surface area (Å²) in [5, 5.41) is 0. The highest BCUT2D eigenvalue weighted by Gasteiger charge is 2.51. The van der Waals surface area contributed by atoms with Crippen molar-refractivity contribution in [3.05, 3.63) is 48.2 Å². The second-order valence-corrected chi connectivity index (χ2v) is 6.29. The molecule has 1 saturated heterocycles. The topological polar surface area (TPSA) is 72.9 Å². The van der Waals surface area contributed by atoms with Crippen molar-refractivity contribution in [3.8, 4) is 12.3 Å². The van der Waals surface area contributed by atoms with Crippen LogP contribution in [0, 0.1) is 12.3 Å². The molecule has 2 heterocycles. The number of carbonyl (C=O) groups is 3. The highest BCUT2D eigenvalue weighted by atomic mass is 16.6. The van der Waals surface area contributed by atoms with Crippen molar-refractivity contribution >= 4 is 17.8 Å². The monoisotopic (exact) mass is 353 g/mol. The predicted octanol–water partition coefficient (Wildman–Crippen LogP) is 1.94. The molecule has 2 aliphatic rings. The van der Waals surface area contributed by atoms with Crippen LogP contribution in [-0.4, -0.2) is 34.4 Å². The Hall–Kier alpha value is -3.07. The Kier molecular flexibility index (Phi) is 5.08. The lowest BCUT2D eigenvalue weighted by Crippen LogP contribution is -2.51. The molecule has 1 fully saturated rings. The summed E-state index contributed by atoms with van der Waals surface area (Å²) in [5.74, 6) is 0.960. The molecule has 1 aromatic rings. The average molecular weight is 353 g/mol. The number of hydrogen-bond donors (Lipinski definition) is 0. The molecule has 2 aliphatic heterocycles. The molecule has 134 valence electrons. The normalized spacial score (nSPS) is 24.2. The lowest BCUT2D eigenvalue weighted by Gasteiger charge is -2.31. The molecule has 0 saturated carbocycles. The first-order valence-electron chi connectivity index (χ1n) is 8.41. The minimum absolute atomic E-state index is 0.0201. The standard InChI is InChI=1S/C20H19NO5/c1-2-11-20(12-10-17(22)26-20)19(24)21-13-6-9-16(21)18(23)25-14-15-7-4-3-5-8-15/h1,3-8,13,16H,9-12,14H2/t16-,20-/m0/s1. The highest BCUT2D eigenvalue weighted by molar-refractivity contribution is 5.94. The van der Waals surface area contributed by atoms with Crippen LogP contribution in [-0.2, 0) is 30.5 Å². The first-order valence-corrected chi connectivity index (χ1v) is 8.41. The zero-order valence-electron chi connectivity index (χ0n) is 14.2. The van der Waals surface area contributed by atoms with E-state index in [1.807, 2.05) is 30.3 Å². The van der Waals surface area contributed by atoms with Gasteiger partial charge in [0.15, 0.2) is 0 Å². The smallest absolute Gasteiger partial charge is 0.329 e. The van der Waals surface area contributed by atoms with E-state index in [1.54, 1.807) is 6.08 Å². The molecule has 6 heteroatoms. The summed E-state index contributed by atoms with van der Waals surface area (Å²) in [6.07, 6.45) is 9.28. The van der Waals surface area contributed by atoms with Gasteiger partial charge in [-0.2, -0.15) is 0 Å². The third-order valence-corrected chi connectivity index (χ3v) is 4.51. The maximum atomic E-state index is 13.0. The van der Waals surface area contributed by atoms with Crippen molar-refractivity contribution < 1.29 is 23.9 Å². The fourth-order valence-electron chi connectivity index (χ4n) is 3.14. The van der Waals surface area contributed by atoms with Crippen molar-refractivity contribution in [2.75, 3.05) is 0 Å². The number of benzene rings is 1. The average Bonchev–Trinajstić information content (AvgIpc) is 3.28. The summed E-state index contributed by atoms with van der Waals surface area (Å²) < 4.78 is 10.6. The predicted molar refractivity (Wildman–Crippen MR) is 92.1 cm³/mol. The molecular formula is C20H19NO5. The van der Waals surface area contributed by atoms with Gasteiger partial charge in [-0.1, -0.05) is 36.4 Å². The number of amides is 1. The molecule has 0 bridgehead atoms. The van der Waals surface area contributed by atoms with Crippen LogP contribution in [0.1, 0.15) is 31.2 Å². The molecule has 1 amide bonds. The van der Waals surface area contributed by atoms with Gasteiger partial charge in [0, 0.05) is 19.0 Å². The van der Waals surface area contributed by atoms with E-state index < -0.39 is 29.5 Å². The Morgan fingerprint density at radius 1 is 1.35 bits per heavy atom. The molecular weight excluding hydrogens is 334 g/mol. The van der Waals surface area contributed by atoms with E-state index in [0.717, 1.165) is 5.56 Å². The van der Waals surface area contributed by atoms with Crippen molar-refractivity contribution in [2.24, 2.45) is 0 Å². The zero-order valence-corrected chi connectivity index (χ0v) is 14.2. The van der Waals surface area contributed by atoms with Gasteiger partial charge in [0.05, 0.1) is 6.42 Å². The molecule has 0 spiro atoms. The fourth-order valence-corrected chi connectivity index (χ4v) is 3.14. The third kappa shape index (κ3) is 3.47. The molecule has 0 N–H and O–H groups in total. The molecule has 0 unspecified atom stereocenters. The zero-order chi connectivity index (χ0) is 18.6. The first kappa shape index (κ1) is 17.7. The van der Waals surface area contributed by atoms with Gasteiger partial charge < -0.3 is 14.4 Å². The summed E-state index contributed by atoms with van der Waals surface area (Å²) in [6, 6.07) is 8.51. The lowest BCUT2D eigenvalue weighted by molar-refractivity contribution is -0.167. The Bertz CT molecular complexity index is 779. The summed E-state index contributed by atoms with van der Waals surface area (Å²) in [4.78, 5) is 38.3. The molecule has 0 aromatic heterocycles. The minimum atomic E-state index is -1.39. The van der Waals surface area contributed by atoms with Crippen LogP contribution >= 0.6 is 0 Å². The SMILES string of the molecule is C#CC[C@@]1(C(=O)N2C=CC[C@H]2C(=O)OCc2ccccc2)CCC(=O)O1. The molecule has 2 atom stereocenters. The molecule has 0 radical (unpaired) electrons. The van der Waals surface area contributed by atoms with Gasteiger partial charge in [0.2, 0.25) is 5.60 Å². The Balaban J connectivity index is 1.69. The van der Waals surface area contributed by atoms with Gasteiger partial charge in [-0.25, -0.2) is 4.79 Å². The Morgan fingerprint density at radius 2 is 2.12 bits per heavy atom. The van der Waals surface area contributed by atoms with Gasteiger partial charge in [0.1, 0.15) is 12.6 Å². The van der Waals surface area contributed by atoms with Gasteiger partial charge in [-0.15, -0.1) is 12.3 Å². The van der Waals surface area contributed by atoms with Gasteiger partial charge in [-0.3, -0.25) is 9.59 Å². The molecule has 26 heavy (non-hydrogen) atoms. The minimum Gasteiger partial charge on any atom is -0.459 e. The van der Waals surface area contributed by atoms with Crippen LogP contribution < -0.4 is 0 Å². The van der Waals surface area contributed by atoms with Crippen LogP contribution in [0.4, 0.5) is 0 Å². The molecule has 1 aromatic carbocycles. The largest absolute Gasteiger partial charge is 0.459 e. The first-order chi connectivity index (χ1) is 12.6. The summed E-state index contributed by atoms with van der Waals surface area (Å²) >= 11 is 0. The molecule has 3 rings (SSSR count). The van der Waals surface area contributed by atoms with Crippen LogP contribution in [0.15, 0.2) is 42.6 Å². The Morgan fingerprint density at radius 3 is 2.77 bits per heavy atom. The second-order valence-electron chi connectivity index (χ2n) is 6.29. The van der Waals surface area contributed by atoms with Gasteiger partial charge >= 0.3 is 11.9 Å². The van der Waals surface area contributed by atoms with Crippen LogP contribution in [0.2, 0.25) is 0 Å². The number of terminal acetylenes is 1. The Labute approximate surface area is 151 Å². The van der Waals surface area contributed by atoms with Crippen LogP contribution in [0.25, 0.3) is 0 Å². The van der Waals surface area contributed by atoms with E-state index in [2.05, 4.69) is 5.92 Å². The number of nitrogens with zero attached hydrogens (tertiary/aromatic N) is 1. The van der Waals surface area contributed by atoms with Crippen molar-refractivity contribution in [2.45, 2.75) is 43.9 Å². The van der Waals surface area contributed by atoms with E-state index in [4.69, 9.17) is 15.9 Å². The maximum absolute atomic E-state index is 13.0. The van der Waals surface area contributed by atoms with Gasteiger partial charge in [0.25, 0.3) is 5.91 Å². The summed E-state index contributed by atoms with van der Waals surface area (Å²) in [7, 11) is 0. The summed E-state index contributed by atoms with van der Waals surface area (Å²) in [6.45, 7) is 0.128. The maximum Gasteiger partial charge on any atom is 0.329 e.